The van der Waals surface area contributed by atoms with Crippen LogP contribution in [-0.2, 0) is 16.1 Å². The van der Waals surface area contributed by atoms with Crippen molar-refractivity contribution >= 4 is 40.6 Å². The zero-order valence-corrected chi connectivity index (χ0v) is 21.8. The smallest absolute Gasteiger partial charge is 0.270 e. The first-order valence-corrected chi connectivity index (χ1v) is 12.8. The third kappa shape index (κ3) is 7.00. The minimum Gasteiger partial charge on any atom is -0.484 e. The lowest BCUT2D eigenvalue weighted by molar-refractivity contribution is -0.135. The maximum atomic E-state index is 12.9. The van der Waals surface area contributed by atoms with Crippen LogP contribution < -0.4 is 30.1 Å². The van der Waals surface area contributed by atoms with Crippen molar-refractivity contribution in [1.82, 2.24) is 19.7 Å². The van der Waals surface area contributed by atoms with Gasteiger partial charge in [-0.3, -0.25) is 19.0 Å². The number of ether oxygens (including phenoxy) is 1. The minimum absolute atomic E-state index is 0.0220. The number of nitrogens with one attached hydrogen (secondary N) is 2. The van der Waals surface area contributed by atoms with Crippen molar-refractivity contribution in [3.05, 3.63) is 43.8 Å². The van der Waals surface area contributed by atoms with E-state index in [9.17, 15) is 19.6 Å². The second-order valence-electron chi connectivity index (χ2n) is 8.11. The Labute approximate surface area is 219 Å². The van der Waals surface area contributed by atoms with E-state index in [1.54, 1.807) is 31.2 Å². The molecular formula is C26H30N6O4S. The van der Waals surface area contributed by atoms with Gasteiger partial charge in [0.15, 0.2) is 12.2 Å². The van der Waals surface area contributed by atoms with Gasteiger partial charge in [0.2, 0.25) is 0 Å². The summed E-state index contributed by atoms with van der Waals surface area (Å²) in [5.41, 5.74) is 0.152. The highest BCUT2D eigenvalue weighted by Crippen LogP contribution is 2.17. The number of aromatic nitrogens is 1. The molecule has 11 heteroatoms. The number of amides is 2. The van der Waals surface area contributed by atoms with Crippen LogP contribution in [0.4, 0.5) is 5.69 Å². The Hall–Kier alpha value is -4.06. The molecular weight excluding hydrogens is 492 g/mol. The molecule has 1 aliphatic heterocycles. The third-order valence-electron chi connectivity index (χ3n) is 5.87. The molecule has 1 aromatic carbocycles. The molecule has 10 nitrogen and oxygen atoms in total. The molecule has 0 spiro atoms. The van der Waals surface area contributed by atoms with Gasteiger partial charge in [-0.2, -0.15) is 5.26 Å². The van der Waals surface area contributed by atoms with Crippen LogP contribution in [0, 0.1) is 23.7 Å². The number of piperazine rings is 1. The van der Waals surface area contributed by atoms with Crippen LogP contribution in [0.15, 0.2) is 29.1 Å². The maximum absolute atomic E-state index is 12.9. The Morgan fingerprint density at radius 2 is 1.97 bits per heavy atom. The zero-order valence-electron chi connectivity index (χ0n) is 21.0. The van der Waals surface area contributed by atoms with Crippen molar-refractivity contribution in [2.24, 2.45) is 0 Å². The largest absolute Gasteiger partial charge is 0.484 e. The van der Waals surface area contributed by atoms with E-state index in [-0.39, 0.29) is 41.4 Å². The molecule has 0 bridgehead atoms. The van der Waals surface area contributed by atoms with Crippen molar-refractivity contribution in [3.63, 3.8) is 0 Å². The Balaban J connectivity index is 1.74. The average molecular weight is 523 g/mol. The molecule has 0 radical (unpaired) electrons. The molecule has 0 saturated carbocycles. The number of hydrogen-bond donors (Lipinski definition) is 2. The van der Waals surface area contributed by atoms with E-state index in [0.717, 1.165) is 31.0 Å². The summed E-state index contributed by atoms with van der Waals surface area (Å²) in [6.45, 7) is 8.19. The summed E-state index contributed by atoms with van der Waals surface area (Å²) < 4.78 is 7.67. The van der Waals surface area contributed by atoms with Crippen molar-refractivity contribution in [2.45, 2.75) is 20.4 Å². The minimum atomic E-state index is -0.630. The summed E-state index contributed by atoms with van der Waals surface area (Å²) in [6, 6.07) is 8.93. The Kier molecular flexibility index (Phi) is 9.90. The molecule has 2 aromatic rings. The van der Waals surface area contributed by atoms with Crippen molar-refractivity contribution < 1.29 is 14.3 Å². The quantitative estimate of drug-likeness (QED) is 0.436. The van der Waals surface area contributed by atoms with Crippen LogP contribution in [0.2, 0.25) is 0 Å². The second kappa shape index (κ2) is 13.3. The number of nitriles is 1. The van der Waals surface area contributed by atoms with Crippen LogP contribution in [-0.4, -0.2) is 72.1 Å². The molecule has 0 unspecified atom stereocenters. The van der Waals surface area contributed by atoms with Crippen LogP contribution >= 0.6 is 11.3 Å². The van der Waals surface area contributed by atoms with E-state index < -0.39 is 5.91 Å². The van der Waals surface area contributed by atoms with Gasteiger partial charge in [0, 0.05) is 50.7 Å². The number of carbonyl (C=O) groups excluding carboxylic acids is 2. The van der Waals surface area contributed by atoms with E-state index in [2.05, 4.69) is 28.4 Å². The first-order valence-electron chi connectivity index (χ1n) is 12.0. The summed E-state index contributed by atoms with van der Waals surface area (Å²) in [5.74, 6) is 2.12. The number of anilines is 1. The van der Waals surface area contributed by atoms with Crippen LogP contribution in [0.3, 0.4) is 0 Å². The fraction of sp³-hybridized carbons (Fsp3) is 0.385. The van der Waals surface area contributed by atoms with Gasteiger partial charge in [-0.25, -0.2) is 0 Å². The lowest BCUT2D eigenvalue weighted by atomic mass is 10.3. The second-order valence-corrected chi connectivity index (χ2v) is 9.15. The first kappa shape index (κ1) is 27.5. The summed E-state index contributed by atoms with van der Waals surface area (Å²) in [5, 5.41) is 15.0. The Morgan fingerprint density at radius 3 is 2.62 bits per heavy atom. The number of hydrogen-bond acceptors (Lipinski definition) is 8. The zero-order chi connectivity index (χ0) is 26.8. The highest BCUT2D eigenvalue weighted by atomic mass is 32.1. The standard InChI is InChI=1S/C26H30N6O4S/c1-4-10-28-24(34)21(16-27)26-32(6-3)25(35)22(37-26)17-29-19-8-7-9-20(15-19)36-18-23(33)31-13-11-30(5-2)12-14-31/h1,7-9,15,17,29H,5-6,10-14,18H2,2-3H3,(H,28,34)/b22-17+,26-21-. The molecule has 2 N–H and O–H groups in total. The van der Waals surface area contributed by atoms with E-state index in [0.29, 0.717) is 29.1 Å². The van der Waals surface area contributed by atoms with E-state index in [1.807, 2.05) is 11.0 Å². The molecule has 0 aliphatic carbocycles. The van der Waals surface area contributed by atoms with Crippen molar-refractivity contribution in [3.8, 4) is 24.2 Å². The lowest BCUT2D eigenvalue weighted by Gasteiger charge is -2.33. The predicted molar refractivity (Wildman–Crippen MR) is 143 cm³/mol. The van der Waals surface area contributed by atoms with Gasteiger partial charge in [-0.15, -0.1) is 17.8 Å². The van der Waals surface area contributed by atoms with Gasteiger partial charge in [-0.1, -0.05) is 18.9 Å². The normalized spacial score (nSPS) is 14.9. The SMILES string of the molecule is C#CCNC(=O)/C(C#N)=c1\s/c(=C/Nc2cccc(OCC(=O)N3CCN(CC)CC3)c2)c(=O)n1CC. The Morgan fingerprint density at radius 1 is 1.22 bits per heavy atom. The predicted octanol–water partition coefficient (Wildman–Crippen LogP) is -0.254. The van der Waals surface area contributed by atoms with Gasteiger partial charge in [0.05, 0.1) is 6.54 Å². The molecule has 3 rings (SSSR count). The van der Waals surface area contributed by atoms with Crippen LogP contribution in [0.5, 0.6) is 5.75 Å². The highest BCUT2D eigenvalue weighted by Gasteiger charge is 2.20. The maximum Gasteiger partial charge on any atom is 0.270 e. The summed E-state index contributed by atoms with van der Waals surface area (Å²) in [6.07, 6.45) is 6.69. The van der Waals surface area contributed by atoms with Gasteiger partial charge in [0.1, 0.15) is 21.0 Å². The number of nitrogens with zero attached hydrogens (tertiary/aromatic N) is 4. The fourth-order valence-electron chi connectivity index (χ4n) is 3.78. The summed E-state index contributed by atoms with van der Waals surface area (Å²) in [4.78, 5) is 41.8. The van der Waals surface area contributed by atoms with Gasteiger partial charge in [0.25, 0.3) is 17.4 Å². The molecule has 2 amide bonds. The molecule has 37 heavy (non-hydrogen) atoms. The number of likely N-dealkylation sites (N-methyl/N-ethyl adjacent to an activating group) is 1. The first-order chi connectivity index (χ1) is 17.9. The van der Waals surface area contributed by atoms with Crippen molar-refractivity contribution in [1.29, 1.82) is 5.26 Å². The van der Waals surface area contributed by atoms with Gasteiger partial charge >= 0.3 is 0 Å². The average Bonchev–Trinajstić information content (AvgIpc) is 3.24. The number of terminal acetylenes is 1. The fourth-order valence-corrected chi connectivity index (χ4v) is 4.87. The van der Waals surface area contributed by atoms with Crippen LogP contribution in [0.25, 0.3) is 11.8 Å². The van der Waals surface area contributed by atoms with E-state index >= 15 is 0 Å². The van der Waals surface area contributed by atoms with Gasteiger partial charge < -0.3 is 25.2 Å². The molecule has 1 fully saturated rings. The number of thiazole rings is 1. The third-order valence-corrected chi connectivity index (χ3v) is 7.00. The number of benzene rings is 1. The van der Waals surface area contributed by atoms with Crippen molar-refractivity contribution in [2.75, 3.05) is 51.2 Å². The highest BCUT2D eigenvalue weighted by molar-refractivity contribution is 7.07. The molecule has 0 atom stereocenters. The van der Waals surface area contributed by atoms with E-state index in [4.69, 9.17) is 11.2 Å². The molecule has 2 heterocycles. The summed E-state index contributed by atoms with van der Waals surface area (Å²) in [7, 11) is 0. The molecule has 1 aliphatic rings. The molecule has 1 aromatic heterocycles. The summed E-state index contributed by atoms with van der Waals surface area (Å²) >= 11 is 1.04. The van der Waals surface area contributed by atoms with Crippen LogP contribution in [0.1, 0.15) is 13.8 Å². The topological polar surface area (TPSA) is 120 Å². The monoisotopic (exact) mass is 522 g/mol. The number of carbonyl (C=O) groups is 2. The molecule has 1 saturated heterocycles. The van der Waals surface area contributed by atoms with Gasteiger partial charge in [-0.05, 0) is 25.6 Å². The Bertz CT molecular complexity index is 1390. The lowest BCUT2D eigenvalue weighted by Crippen LogP contribution is -2.49. The number of rotatable bonds is 9. The van der Waals surface area contributed by atoms with E-state index in [1.165, 1.54) is 10.8 Å². The molecule has 194 valence electrons.